The maximum atomic E-state index is 5.19. The molecule has 0 spiro atoms. The smallest absolute Gasteiger partial charge is 0.228 e. The fourth-order valence-electron chi connectivity index (χ4n) is 1.01. The van der Waals surface area contributed by atoms with E-state index in [0.29, 0.717) is 0 Å². The molecule has 2 rings (SSSR count). The number of aromatic nitrogens is 3. The van der Waals surface area contributed by atoms with Gasteiger partial charge in [-0.25, -0.2) is 0 Å². The number of anilines is 1. The molecule has 1 aliphatic rings. The van der Waals surface area contributed by atoms with Crippen molar-refractivity contribution in [1.29, 1.82) is 0 Å². The second kappa shape index (κ2) is 3.10. The molecule has 0 atom stereocenters. The minimum atomic E-state index is 0.777. The standard InChI is InChI=1S/C5H8N4OS/c1-3-10-4-2-9(1)5-6-7-8-11-5/h1-4H2. The Hall–Kier alpha value is -0.750. The number of rotatable bonds is 1. The van der Waals surface area contributed by atoms with Crippen LogP contribution in [-0.2, 0) is 4.74 Å². The number of ether oxygens (including phenoxy) is 1. The Bertz CT molecular complexity index is 208. The van der Waals surface area contributed by atoms with E-state index >= 15 is 0 Å². The highest BCUT2D eigenvalue weighted by Crippen LogP contribution is 2.13. The van der Waals surface area contributed by atoms with Crippen LogP contribution in [0.1, 0.15) is 0 Å². The van der Waals surface area contributed by atoms with Crippen molar-refractivity contribution in [3.63, 3.8) is 0 Å². The van der Waals surface area contributed by atoms with Crippen LogP contribution in [0, 0.1) is 0 Å². The van der Waals surface area contributed by atoms with Gasteiger partial charge in [0.1, 0.15) is 0 Å². The summed E-state index contributed by atoms with van der Waals surface area (Å²) >= 11 is 1.33. The fourth-order valence-corrected chi connectivity index (χ4v) is 1.52. The van der Waals surface area contributed by atoms with Crippen molar-refractivity contribution in [3.8, 4) is 0 Å². The third kappa shape index (κ3) is 1.46. The van der Waals surface area contributed by atoms with Crippen LogP contribution in [-0.4, -0.2) is 41.1 Å². The van der Waals surface area contributed by atoms with Crippen LogP contribution < -0.4 is 4.90 Å². The summed E-state index contributed by atoms with van der Waals surface area (Å²) in [7, 11) is 0. The van der Waals surface area contributed by atoms with E-state index in [2.05, 4.69) is 19.7 Å². The minimum absolute atomic E-state index is 0.777. The van der Waals surface area contributed by atoms with Gasteiger partial charge in [-0.05, 0) is 5.21 Å². The molecule has 1 fully saturated rings. The van der Waals surface area contributed by atoms with Gasteiger partial charge in [-0.2, -0.15) is 0 Å². The lowest BCUT2D eigenvalue weighted by Gasteiger charge is -2.24. The summed E-state index contributed by atoms with van der Waals surface area (Å²) in [4.78, 5) is 2.13. The highest BCUT2D eigenvalue weighted by atomic mass is 32.1. The zero-order valence-electron chi connectivity index (χ0n) is 5.93. The summed E-state index contributed by atoms with van der Waals surface area (Å²) in [6.07, 6.45) is 0. The Balaban J connectivity index is 2.04. The maximum absolute atomic E-state index is 5.19. The number of morpholine rings is 1. The molecular formula is C5H8N4OS. The van der Waals surface area contributed by atoms with Crippen molar-refractivity contribution in [2.24, 2.45) is 0 Å². The number of hydrogen-bond donors (Lipinski definition) is 0. The summed E-state index contributed by atoms with van der Waals surface area (Å²) in [5, 5.41) is 8.30. The SMILES string of the molecule is C1CN(c2nnns2)CCO1. The average molecular weight is 172 g/mol. The quantitative estimate of drug-likeness (QED) is 0.585. The van der Waals surface area contributed by atoms with Gasteiger partial charge < -0.3 is 9.64 Å². The van der Waals surface area contributed by atoms with Crippen LogP contribution >= 0.6 is 11.5 Å². The predicted molar refractivity (Wildman–Crippen MR) is 40.7 cm³/mol. The normalized spacial score (nSPS) is 18.7. The molecule has 0 aromatic carbocycles. The molecule has 0 amide bonds. The molecule has 2 heterocycles. The monoisotopic (exact) mass is 172 g/mol. The molecule has 11 heavy (non-hydrogen) atoms. The number of hydrogen-bond acceptors (Lipinski definition) is 6. The Morgan fingerprint density at radius 3 is 2.82 bits per heavy atom. The molecule has 0 radical (unpaired) electrons. The Labute approximate surface area is 68.1 Å². The minimum Gasteiger partial charge on any atom is -0.378 e. The van der Waals surface area contributed by atoms with Crippen LogP contribution in [0.5, 0.6) is 0 Å². The van der Waals surface area contributed by atoms with Crippen molar-refractivity contribution in [2.75, 3.05) is 31.2 Å². The topological polar surface area (TPSA) is 51.1 Å². The molecule has 5 nitrogen and oxygen atoms in total. The van der Waals surface area contributed by atoms with Crippen molar-refractivity contribution >= 4 is 16.7 Å². The van der Waals surface area contributed by atoms with Crippen LogP contribution in [0.3, 0.4) is 0 Å². The van der Waals surface area contributed by atoms with Crippen molar-refractivity contribution in [3.05, 3.63) is 0 Å². The summed E-state index contributed by atoms with van der Waals surface area (Å²) in [6, 6.07) is 0. The third-order valence-electron chi connectivity index (χ3n) is 1.57. The summed E-state index contributed by atoms with van der Waals surface area (Å²) < 4.78 is 8.89. The van der Waals surface area contributed by atoms with E-state index in [1.54, 1.807) is 0 Å². The zero-order valence-corrected chi connectivity index (χ0v) is 6.75. The molecule has 1 aromatic rings. The molecule has 60 valence electrons. The van der Waals surface area contributed by atoms with Gasteiger partial charge in [-0.1, -0.05) is 9.59 Å². The van der Waals surface area contributed by atoms with Gasteiger partial charge in [-0.15, -0.1) is 0 Å². The van der Waals surface area contributed by atoms with E-state index in [1.165, 1.54) is 11.5 Å². The molecule has 1 saturated heterocycles. The largest absolute Gasteiger partial charge is 0.378 e. The molecule has 0 bridgehead atoms. The van der Waals surface area contributed by atoms with Crippen molar-refractivity contribution < 1.29 is 4.74 Å². The number of nitrogens with zero attached hydrogens (tertiary/aromatic N) is 4. The molecule has 0 saturated carbocycles. The Kier molecular flexibility index (Phi) is 1.95. The second-order valence-electron chi connectivity index (χ2n) is 2.24. The first-order valence-electron chi connectivity index (χ1n) is 3.44. The molecule has 0 unspecified atom stereocenters. The molecule has 0 aliphatic carbocycles. The highest BCUT2D eigenvalue weighted by molar-refractivity contribution is 7.09. The third-order valence-corrected chi connectivity index (χ3v) is 2.23. The van der Waals surface area contributed by atoms with Gasteiger partial charge in [0.25, 0.3) is 0 Å². The zero-order chi connectivity index (χ0) is 7.52. The van der Waals surface area contributed by atoms with Gasteiger partial charge >= 0.3 is 0 Å². The first kappa shape index (κ1) is 6.93. The van der Waals surface area contributed by atoms with E-state index in [4.69, 9.17) is 4.74 Å². The molecule has 6 heteroatoms. The molecule has 1 aliphatic heterocycles. The Morgan fingerprint density at radius 2 is 2.18 bits per heavy atom. The van der Waals surface area contributed by atoms with Gasteiger partial charge in [0.2, 0.25) is 5.13 Å². The Morgan fingerprint density at radius 1 is 1.36 bits per heavy atom. The lowest BCUT2D eigenvalue weighted by Crippen LogP contribution is -2.36. The first-order chi connectivity index (χ1) is 5.47. The average Bonchev–Trinajstić information content (AvgIpc) is 2.58. The van der Waals surface area contributed by atoms with Crippen molar-refractivity contribution in [2.45, 2.75) is 0 Å². The second-order valence-corrected chi connectivity index (χ2v) is 2.96. The molecular weight excluding hydrogens is 164 g/mol. The van der Waals surface area contributed by atoms with Crippen LogP contribution in [0.4, 0.5) is 5.13 Å². The van der Waals surface area contributed by atoms with Gasteiger partial charge in [0.15, 0.2) is 0 Å². The molecule has 1 aromatic heterocycles. The summed E-state index contributed by atoms with van der Waals surface area (Å²) in [5.41, 5.74) is 0. The summed E-state index contributed by atoms with van der Waals surface area (Å²) in [5.74, 6) is 0. The van der Waals surface area contributed by atoms with Gasteiger partial charge in [-0.3, -0.25) is 0 Å². The van der Waals surface area contributed by atoms with Gasteiger partial charge in [0.05, 0.1) is 13.2 Å². The highest BCUT2D eigenvalue weighted by Gasteiger charge is 2.13. The van der Waals surface area contributed by atoms with Gasteiger partial charge in [0, 0.05) is 24.6 Å². The first-order valence-corrected chi connectivity index (χ1v) is 4.22. The van der Waals surface area contributed by atoms with Crippen molar-refractivity contribution in [1.82, 2.24) is 14.8 Å². The van der Waals surface area contributed by atoms with Crippen LogP contribution in [0.25, 0.3) is 0 Å². The van der Waals surface area contributed by atoms with E-state index in [-0.39, 0.29) is 0 Å². The van der Waals surface area contributed by atoms with E-state index in [1.807, 2.05) is 0 Å². The lowest BCUT2D eigenvalue weighted by atomic mass is 10.5. The van der Waals surface area contributed by atoms with E-state index in [0.717, 1.165) is 31.4 Å². The lowest BCUT2D eigenvalue weighted by molar-refractivity contribution is 0.122. The van der Waals surface area contributed by atoms with E-state index < -0.39 is 0 Å². The molecule has 0 N–H and O–H groups in total. The predicted octanol–water partition coefficient (Wildman–Crippen LogP) is -0.230. The fraction of sp³-hybridized carbons (Fsp3) is 0.800. The summed E-state index contributed by atoms with van der Waals surface area (Å²) in [6.45, 7) is 3.35. The van der Waals surface area contributed by atoms with Crippen LogP contribution in [0.2, 0.25) is 0 Å². The van der Waals surface area contributed by atoms with Crippen LogP contribution in [0.15, 0.2) is 0 Å². The van der Waals surface area contributed by atoms with E-state index in [9.17, 15) is 0 Å². The maximum Gasteiger partial charge on any atom is 0.228 e.